The lowest BCUT2D eigenvalue weighted by Gasteiger charge is -2.16. The van der Waals surface area contributed by atoms with E-state index in [0.29, 0.717) is 5.69 Å². The number of nitrogens with zero attached hydrogens (tertiary/aromatic N) is 1. The van der Waals surface area contributed by atoms with Crippen molar-refractivity contribution in [2.75, 3.05) is 0 Å². The Morgan fingerprint density at radius 2 is 1.62 bits per heavy atom. The molecule has 2 aromatic carbocycles. The maximum atomic E-state index is 12.8. The Morgan fingerprint density at radius 3 is 2.48 bits per heavy atom. The number of carbonyl (C=O) groups is 1. The molecule has 1 aliphatic rings. The van der Waals surface area contributed by atoms with Crippen LogP contribution in [0.3, 0.4) is 0 Å². The summed E-state index contributed by atoms with van der Waals surface area (Å²) in [7, 11) is 0. The van der Waals surface area contributed by atoms with Crippen LogP contribution < -0.4 is 4.74 Å². The van der Waals surface area contributed by atoms with Crippen molar-refractivity contribution >= 4 is 5.78 Å². The number of hydrogen-bond acceptors (Lipinski definition) is 2. The van der Waals surface area contributed by atoms with Gasteiger partial charge in [0.25, 0.3) is 0 Å². The minimum atomic E-state index is -0.608. The second-order valence-corrected chi connectivity index (χ2v) is 5.00. The summed E-state index contributed by atoms with van der Waals surface area (Å²) in [5, 5.41) is 0. The second-order valence-electron chi connectivity index (χ2n) is 5.00. The number of carbonyl (C=O) groups excluding carboxylic acids is 1. The van der Waals surface area contributed by atoms with Gasteiger partial charge in [0.05, 0.1) is 11.4 Å². The lowest BCUT2D eigenvalue weighted by molar-refractivity contribution is 0.0796. The second kappa shape index (κ2) is 4.63. The highest BCUT2D eigenvalue weighted by Gasteiger charge is 2.30. The van der Waals surface area contributed by atoms with Gasteiger partial charge in [-0.25, -0.2) is 0 Å². The van der Waals surface area contributed by atoms with E-state index >= 15 is 0 Å². The molecule has 3 heteroatoms. The molecule has 0 unspecified atom stereocenters. The molecule has 102 valence electrons. The smallest absolute Gasteiger partial charge is 0.224 e. The molecule has 0 N–H and O–H groups in total. The molecular weight excluding hydrogens is 262 g/mol. The summed E-state index contributed by atoms with van der Waals surface area (Å²) >= 11 is 0. The molecule has 0 saturated carbocycles. The largest absolute Gasteiger partial charge is 0.475 e. The molecule has 21 heavy (non-hydrogen) atoms. The highest BCUT2D eigenvalue weighted by atomic mass is 16.5. The van der Waals surface area contributed by atoms with Crippen molar-refractivity contribution in [2.45, 2.75) is 6.10 Å². The Hall–Kier alpha value is -2.81. The lowest BCUT2D eigenvalue weighted by atomic mass is 10.0. The van der Waals surface area contributed by atoms with Crippen LogP contribution in [0.15, 0.2) is 72.9 Å². The highest BCUT2D eigenvalue weighted by Crippen LogP contribution is 2.34. The Morgan fingerprint density at radius 1 is 0.857 bits per heavy atom. The van der Waals surface area contributed by atoms with E-state index in [0.717, 1.165) is 17.0 Å². The molecule has 0 amide bonds. The zero-order valence-corrected chi connectivity index (χ0v) is 11.3. The average Bonchev–Trinajstić information content (AvgIpc) is 2.98. The monoisotopic (exact) mass is 275 g/mol. The van der Waals surface area contributed by atoms with Gasteiger partial charge in [-0.05, 0) is 24.3 Å². The highest BCUT2D eigenvalue weighted by molar-refractivity contribution is 6.00. The molecule has 1 aliphatic heterocycles. The molecule has 0 saturated heterocycles. The summed E-state index contributed by atoms with van der Waals surface area (Å²) < 4.78 is 7.92. The Balaban J connectivity index is 1.93. The molecule has 1 aromatic heterocycles. The fourth-order valence-electron chi connectivity index (χ4n) is 2.71. The number of benzene rings is 2. The van der Waals surface area contributed by atoms with Crippen LogP contribution in [-0.2, 0) is 0 Å². The fraction of sp³-hybridized carbons (Fsp3) is 0.0556. The van der Waals surface area contributed by atoms with E-state index in [4.69, 9.17) is 4.74 Å². The summed E-state index contributed by atoms with van der Waals surface area (Å²) in [6.45, 7) is 0. The standard InChI is InChI=1S/C18H13NO2/c20-17-15-10-6-12-19(15)14-9-4-5-11-16(14)21-18(17)13-7-2-1-3-8-13/h1-12,18H/t18-/m1/s1. The third-order valence-electron chi connectivity index (χ3n) is 3.71. The Bertz CT molecular complexity index is 805. The summed E-state index contributed by atoms with van der Waals surface area (Å²) in [6.07, 6.45) is 1.28. The van der Waals surface area contributed by atoms with Gasteiger partial charge in [0.15, 0.2) is 6.10 Å². The van der Waals surface area contributed by atoms with Gasteiger partial charge < -0.3 is 9.30 Å². The molecule has 3 aromatic rings. The van der Waals surface area contributed by atoms with Gasteiger partial charge >= 0.3 is 0 Å². The topological polar surface area (TPSA) is 31.2 Å². The van der Waals surface area contributed by atoms with Gasteiger partial charge in [0.2, 0.25) is 5.78 Å². The first kappa shape index (κ1) is 12.0. The molecule has 0 aliphatic carbocycles. The molecule has 2 heterocycles. The minimum absolute atomic E-state index is 0.0256. The van der Waals surface area contributed by atoms with Crippen LogP contribution in [-0.4, -0.2) is 10.4 Å². The van der Waals surface area contributed by atoms with Crippen LogP contribution in [0.2, 0.25) is 0 Å². The van der Waals surface area contributed by atoms with Crippen LogP contribution in [0.5, 0.6) is 5.75 Å². The normalized spacial score (nSPS) is 16.6. The summed E-state index contributed by atoms with van der Waals surface area (Å²) in [4.78, 5) is 12.8. The third kappa shape index (κ3) is 1.86. The summed E-state index contributed by atoms with van der Waals surface area (Å²) in [5.74, 6) is 0.692. The first-order valence-electron chi connectivity index (χ1n) is 6.87. The Labute approximate surface area is 122 Å². The maximum absolute atomic E-state index is 12.8. The van der Waals surface area contributed by atoms with Crippen molar-refractivity contribution in [3.63, 3.8) is 0 Å². The molecular formula is C18H13NO2. The van der Waals surface area contributed by atoms with E-state index in [1.807, 2.05) is 77.5 Å². The van der Waals surface area contributed by atoms with E-state index in [9.17, 15) is 4.79 Å². The predicted molar refractivity (Wildman–Crippen MR) is 79.9 cm³/mol. The number of aromatic nitrogens is 1. The first-order valence-corrected chi connectivity index (χ1v) is 6.87. The number of hydrogen-bond donors (Lipinski definition) is 0. The van der Waals surface area contributed by atoms with Crippen molar-refractivity contribution in [2.24, 2.45) is 0 Å². The third-order valence-corrected chi connectivity index (χ3v) is 3.71. The van der Waals surface area contributed by atoms with Crippen molar-refractivity contribution in [1.82, 2.24) is 4.57 Å². The molecule has 0 fully saturated rings. The number of para-hydroxylation sites is 2. The first-order chi connectivity index (χ1) is 10.3. The van der Waals surface area contributed by atoms with Gasteiger partial charge in [-0.2, -0.15) is 0 Å². The Kier molecular flexibility index (Phi) is 2.64. The van der Waals surface area contributed by atoms with E-state index < -0.39 is 6.10 Å². The number of ether oxygens (including phenoxy) is 1. The molecule has 0 radical (unpaired) electrons. The van der Waals surface area contributed by atoms with Crippen LogP contribution in [0.1, 0.15) is 22.2 Å². The quantitative estimate of drug-likeness (QED) is 0.676. The van der Waals surface area contributed by atoms with Gasteiger partial charge in [-0.15, -0.1) is 0 Å². The fourth-order valence-corrected chi connectivity index (χ4v) is 2.71. The zero-order valence-electron chi connectivity index (χ0n) is 11.3. The number of Topliss-reactive ketones (excluding diaryl/α,β-unsaturated/α-hetero) is 1. The SMILES string of the molecule is O=C1c2cccn2-c2ccccc2O[C@@H]1c1ccccc1. The van der Waals surface area contributed by atoms with Gasteiger partial charge in [-0.3, -0.25) is 4.79 Å². The van der Waals surface area contributed by atoms with Crippen LogP contribution in [0.25, 0.3) is 5.69 Å². The number of fused-ring (bicyclic) bond motifs is 3. The zero-order chi connectivity index (χ0) is 14.2. The molecule has 3 nitrogen and oxygen atoms in total. The number of rotatable bonds is 1. The predicted octanol–water partition coefficient (Wildman–Crippen LogP) is 3.79. The maximum Gasteiger partial charge on any atom is 0.224 e. The van der Waals surface area contributed by atoms with E-state index in [1.54, 1.807) is 0 Å². The van der Waals surface area contributed by atoms with Crippen molar-refractivity contribution in [3.8, 4) is 11.4 Å². The average molecular weight is 275 g/mol. The van der Waals surface area contributed by atoms with Crippen molar-refractivity contribution < 1.29 is 9.53 Å². The summed E-state index contributed by atoms with van der Waals surface area (Å²) in [5.41, 5.74) is 2.41. The van der Waals surface area contributed by atoms with Crippen molar-refractivity contribution in [1.29, 1.82) is 0 Å². The van der Waals surface area contributed by atoms with Crippen molar-refractivity contribution in [3.05, 3.63) is 84.2 Å². The van der Waals surface area contributed by atoms with Gasteiger partial charge in [0.1, 0.15) is 5.75 Å². The molecule has 1 atom stereocenters. The molecule has 0 spiro atoms. The minimum Gasteiger partial charge on any atom is -0.475 e. The number of ketones is 1. The van der Waals surface area contributed by atoms with Crippen LogP contribution in [0.4, 0.5) is 0 Å². The van der Waals surface area contributed by atoms with E-state index in [1.165, 1.54) is 0 Å². The lowest BCUT2D eigenvalue weighted by Crippen LogP contribution is -2.18. The van der Waals surface area contributed by atoms with Crippen LogP contribution >= 0.6 is 0 Å². The van der Waals surface area contributed by atoms with Gasteiger partial charge in [-0.1, -0.05) is 42.5 Å². The van der Waals surface area contributed by atoms with E-state index in [-0.39, 0.29) is 5.78 Å². The summed E-state index contributed by atoms with van der Waals surface area (Å²) in [6, 6.07) is 21.0. The van der Waals surface area contributed by atoms with Gasteiger partial charge in [0, 0.05) is 11.8 Å². The van der Waals surface area contributed by atoms with E-state index in [2.05, 4.69) is 0 Å². The van der Waals surface area contributed by atoms with Crippen LogP contribution in [0, 0.1) is 0 Å². The molecule has 0 bridgehead atoms. The molecule has 4 rings (SSSR count).